The summed E-state index contributed by atoms with van der Waals surface area (Å²) >= 11 is 1.80. The number of fused-ring (bicyclic) bond motifs is 6. The van der Waals surface area contributed by atoms with Gasteiger partial charge in [0.2, 0.25) is 0 Å². The average molecular weight is 734 g/mol. The normalized spacial score (nSPS) is 11.6. The van der Waals surface area contributed by atoms with E-state index in [-0.39, 0.29) is 0 Å². The molecule has 0 amide bonds. The maximum atomic E-state index is 6.27. The molecule has 0 unspecified atom stereocenters. The van der Waals surface area contributed by atoms with Gasteiger partial charge in [0.1, 0.15) is 11.2 Å². The molecule has 4 nitrogen and oxygen atoms in total. The van der Waals surface area contributed by atoms with E-state index in [1.165, 1.54) is 42.4 Å². The van der Waals surface area contributed by atoms with Gasteiger partial charge in [-0.15, -0.1) is 11.3 Å². The molecule has 0 atom stereocenters. The Kier molecular flexibility index (Phi) is 7.64. The van der Waals surface area contributed by atoms with Gasteiger partial charge >= 0.3 is 0 Å². The van der Waals surface area contributed by atoms with Gasteiger partial charge < -0.3 is 4.42 Å². The number of aromatic nitrogens is 3. The molecule has 0 saturated carbocycles. The molecule has 8 aromatic carbocycles. The van der Waals surface area contributed by atoms with Crippen LogP contribution in [0.25, 0.3) is 110 Å². The fourth-order valence-electron chi connectivity index (χ4n) is 7.87. The first kappa shape index (κ1) is 32.2. The third kappa shape index (κ3) is 5.56. The van der Waals surface area contributed by atoms with Crippen LogP contribution in [0.3, 0.4) is 0 Å². The number of hydrogen-bond acceptors (Lipinski definition) is 5. The Bertz CT molecular complexity index is 3260. The predicted molar refractivity (Wildman–Crippen MR) is 233 cm³/mol. The van der Waals surface area contributed by atoms with Crippen molar-refractivity contribution in [2.45, 2.75) is 0 Å². The van der Waals surface area contributed by atoms with Crippen LogP contribution in [-0.4, -0.2) is 15.0 Å². The van der Waals surface area contributed by atoms with Crippen molar-refractivity contribution in [1.82, 2.24) is 15.0 Å². The Morgan fingerprint density at radius 1 is 0.321 bits per heavy atom. The second-order valence-corrected chi connectivity index (χ2v) is 15.0. The van der Waals surface area contributed by atoms with Crippen LogP contribution in [0, 0.1) is 0 Å². The maximum absolute atomic E-state index is 6.27. The van der Waals surface area contributed by atoms with Crippen LogP contribution in [0.4, 0.5) is 0 Å². The zero-order valence-electron chi connectivity index (χ0n) is 30.1. The van der Waals surface area contributed by atoms with E-state index in [2.05, 4.69) is 140 Å². The fourth-order valence-corrected chi connectivity index (χ4v) is 9.00. The molecular formula is C51H31N3OS. The van der Waals surface area contributed by atoms with Crippen LogP contribution in [0.5, 0.6) is 0 Å². The van der Waals surface area contributed by atoms with Crippen molar-refractivity contribution < 1.29 is 4.42 Å². The first-order chi connectivity index (χ1) is 27.7. The number of rotatable bonds is 6. The van der Waals surface area contributed by atoms with E-state index in [4.69, 9.17) is 19.4 Å². The van der Waals surface area contributed by atoms with Crippen LogP contribution in [0.15, 0.2) is 192 Å². The third-order valence-corrected chi connectivity index (χ3v) is 11.7. The van der Waals surface area contributed by atoms with Crippen LogP contribution in [0.2, 0.25) is 0 Å². The summed E-state index contributed by atoms with van der Waals surface area (Å²) in [6, 6.07) is 65.8. The second-order valence-electron chi connectivity index (χ2n) is 14.0. The van der Waals surface area contributed by atoms with E-state index in [1.54, 1.807) is 11.3 Å². The summed E-state index contributed by atoms with van der Waals surface area (Å²) in [6.45, 7) is 0. The minimum absolute atomic E-state index is 0.644. The molecule has 0 aliphatic rings. The summed E-state index contributed by atoms with van der Waals surface area (Å²) in [5.41, 5.74) is 11.6. The van der Waals surface area contributed by atoms with E-state index in [0.29, 0.717) is 17.5 Å². The first-order valence-corrected chi connectivity index (χ1v) is 19.5. The summed E-state index contributed by atoms with van der Waals surface area (Å²) in [4.78, 5) is 15.1. The minimum Gasteiger partial charge on any atom is -0.456 e. The quantitative estimate of drug-likeness (QED) is 0.171. The molecule has 0 fully saturated rings. The van der Waals surface area contributed by atoms with Crippen molar-refractivity contribution in [3.63, 3.8) is 0 Å². The lowest BCUT2D eigenvalue weighted by Crippen LogP contribution is -2.00. The first-order valence-electron chi connectivity index (χ1n) is 18.7. The Balaban J connectivity index is 1.02. The van der Waals surface area contributed by atoms with Crippen molar-refractivity contribution in [2.75, 3.05) is 0 Å². The van der Waals surface area contributed by atoms with Crippen molar-refractivity contribution in [1.29, 1.82) is 0 Å². The predicted octanol–water partition coefficient (Wildman–Crippen LogP) is 14.1. The monoisotopic (exact) mass is 733 g/mol. The van der Waals surface area contributed by atoms with E-state index in [1.807, 2.05) is 48.5 Å². The molecule has 0 spiro atoms. The smallest absolute Gasteiger partial charge is 0.164 e. The Hall–Kier alpha value is -7.21. The number of nitrogens with zero attached hydrogens (tertiary/aromatic N) is 3. The maximum Gasteiger partial charge on any atom is 0.164 e. The van der Waals surface area contributed by atoms with Gasteiger partial charge in [-0.05, 0) is 69.8 Å². The molecule has 3 heterocycles. The van der Waals surface area contributed by atoms with E-state index in [9.17, 15) is 0 Å². The number of hydrogen-bond donors (Lipinski definition) is 0. The highest BCUT2D eigenvalue weighted by molar-refractivity contribution is 7.25. The third-order valence-electron chi connectivity index (χ3n) is 10.6. The largest absolute Gasteiger partial charge is 0.456 e. The van der Waals surface area contributed by atoms with Gasteiger partial charge in [0.25, 0.3) is 0 Å². The molecule has 262 valence electrons. The molecule has 0 aliphatic carbocycles. The molecule has 3 aromatic heterocycles. The average Bonchev–Trinajstić information content (AvgIpc) is 3.85. The van der Waals surface area contributed by atoms with Crippen molar-refractivity contribution in [2.24, 2.45) is 0 Å². The highest BCUT2D eigenvalue weighted by Crippen LogP contribution is 2.43. The molecule has 56 heavy (non-hydrogen) atoms. The SMILES string of the molecule is c1ccc(-c2cccc(-c3nc(-c4ccccc4)nc(-c4ccc5c(c4)sc4ccc(-c6ccccc6-c6cccc7oc8ccccc8c67)cc45)n3)c2)cc1. The van der Waals surface area contributed by atoms with Gasteiger partial charge in [0.15, 0.2) is 17.5 Å². The van der Waals surface area contributed by atoms with E-state index in [0.717, 1.165) is 49.8 Å². The summed E-state index contributed by atoms with van der Waals surface area (Å²) in [5, 5.41) is 4.72. The summed E-state index contributed by atoms with van der Waals surface area (Å²) in [7, 11) is 0. The molecular weight excluding hydrogens is 703 g/mol. The second kappa shape index (κ2) is 13.3. The van der Waals surface area contributed by atoms with Gasteiger partial charge in [-0.25, -0.2) is 15.0 Å². The lowest BCUT2D eigenvalue weighted by Gasteiger charge is -2.12. The van der Waals surface area contributed by atoms with Gasteiger partial charge in [-0.3, -0.25) is 0 Å². The Morgan fingerprint density at radius 3 is 1.73 bits per heavy atom. The zero-order chi connectivity index (χ0) is 37.0. The van der Waals surface area contributed by atoms with Crippen molar-refractivity contribution in [3.05, 3.63) is 188 Å². The van der Waals surface area contributed by atoms with Crippen molar-refractivity contribution >= 4 is 53.4 Å². The summed E-state index contributed by atoms with van der Waals surface area (Å²) in [5.74, 6) is 1.94. The van der Waals surface area contributed by atoms with Crippen molar-refractivity contribution in [3.8, 4) is 67.5 Å². The molecule has 0 saturated heterocycles. The number of furan rings is 1. The molecule has 0 radical (unpaired) electrons. The Labute approximate surface area is 327 Å². The van der Waals surface area contributed by atoms with E-state index < -0.39 is 0 Å². The van der Waals surface area contributed by atoms with Crippen LogP contribution < -0.4 is 0 Å². The molecule has 0 N–H and O–H groups in total. The van der Waals surface area contributed by atoms with E-state index >= 15 is 0 Å². The summed E-state index contributed by atoms with van der Waals surface area (Å²) < 4.78 is 8.69. The molecule has 0 bridgehead atoms. The lowest BCUT2D eigenvalue weighted by molar-refractivity contribution is 0.669. The molecule has 11 aromatic rings. The molecule has 0 aliphatic heterocycles. The van der Waals surface area contributed by atoms with Gasteiger partial charge in [0.05, 0.1) is 0 Å². The van der Waals surface area contributed by atoms with Gasteiger partial charge in [-0.1, -0.05) is 152 Å². The Morgan fingerprint density at radius 2 is 0.911 bits per heavy atom. The van der Waals surface area contributed by atoms with Gasteiger partial charge in [-0.2, -0.15) is 0 Å². The number of benzene rings is 8. The van der Waals surface area contributed by atoms with Crippen LogP contribution in [0.1, 0.15) is 0 Å². The standard InChI is InChI=1S/C51H31N3OS/c1-3-13-32(14-4-1)34-17-11-18-36(29-34)50-52-49(33-15-5-2-6-16-33)53-51(54-50)37-25-27-40-43-30-35(26-28-46(43)56-47(40)31-37)38-19-7-8-20-39(38)41-22-12-24-45-48(41)42-21-9-10-23-44(42)55-45/h1-31H. The minimum atomic E-state index is 0.644. The number of para-hydroxylation sites is 1. The molecule has 5 heteroatoms. The van der Waals surface area contributed by atoms with Crippen LogP contribution >= 0.6 is 11.3 Å². The zero-order valence-corrected chi connectivity index (χ0v) is 30.9. The summed E-state index contributed by atoms with van der Waals surface area (Å²) in [6.07, 6.45) is 0. The lowest BCUT2D eigenvalue weighted by atomic mass is 9.91. The highest BCUT2D eigenvalue weighted by Gasteiger charge is 2.18. The fraction of sp³-hybridized carbons (Fsp3) is 0. The number of thiophene rings is 1. The molecule has 11 rings (SSSR count). The topological polar surface area (TPSA) is 51.8 Å². The van der Waals surface area contributed by atoms with Gasteiger partial charge in [0, 0.05) is 47.6 Å². The highest BCUT2D eigenvalue weighted by atomic mass is 32.1. The van der Waals surface area contributed by atoms with Crippen LogP contribution in [-0.2, 0) is 0 Å².